The molecular weight excluding hydrogens is 432 g/mol. The van der Waals surface area contributed by atoms with Crippen molar-refractivity contribution in [3.05, 3.63) is 43.2 Å². The van der Waals surface area contributed by atoms with E-state index < -0.39 is 5.60 Å². The number of rotatable bonds is 7. The lowest BCUT2D eigenvalue weighted by atomic mass is 10.1. The van der Waals surface area contributed by atoms with Gasteiger partial charge in [0.1, 0.15) is 5.60 Å². The third-order valence-electron chi connectivity index (χ3n) is 7.12. The molecule has 176 valence electrons. The molecule has 4 aromatic heterocycles. The quantitative estimate of drug-likeness (QED) is 0.455. The van der Waals surface area contributed by atoms with Gasteiger partial charge in [0.2, 0.25) is 0 Å². The molecule has 0 unspecified atom stereocenters. The van der Waals surface area contributed by atoms with E-state index >= 15 is 0 Å². The maximum atomic E-state index is 12.3. The first-order chi connectivity index (χ1) is 16.5. The summed E-state index contributed by atoms with van der Waals surface area (Å²) in [5.74, 6) is -0.152. The van der Waals surface area contributed by atoms with Crippen molar-refractivity contribution >= 4 is 11.4 Å². The van der Waals surface area contributed by atoms with E-state index in [1.54, 1.807) is 17.3 Å². The molecule has 0 spiro atoms. The molecule has 2 fully saturated rings. The molecule has 0 aromatic carbocycles. The highest BCUT2D eigenvalue weighted by Crippen LogP contribution is 2.39. The third-order valence-corrected chi connectivity index (χ3v) is 7.12. The van der Waals surface area contributed by atoms with Gasteiger partial charge in [0, 0.05) is 36.6 Å². The Kier molecular flexibility index (Phi) is 4.80. The number of fused-ring (bicyclic) bond motifs is 1. The SMILES string of the molecule is CCC(CC)n1cc(-c2nc(-c3cnn(C4CN(C(=O)C5(O)CC5)C4)c3)cn3nccc23)cn1. The molecule has 0 atom stereocenters. The van der Waals surface area contributed by atoms with Crippen molar-refractivity contribution in [3.8, 4) is 22.5 Å². The summed E-state index contributed by atoms with van der Waals surface area (Å²) < 4.78 is 5.75. The minimum absolute atomic E-state index is 0.103. The van der Waals surface area contributed by atoms with Crippen molar-refractivity contribution in [2.75, 3.05) is 13.1 Å². The van der Waals surface area contributed by atoms with Gasteiger partial charge in [-0.3, -0.25) is 14.2 Å². The standard InChI is InChI=1S/C24H28N8O2/c1-3-18(4-2)30-12-17(10-27-30)22-21-5-8-25-32(21)15-20(28-22)16-9-26-31(11-16)19-13-29(14-19)23(33)24(34)6-7-24/h5,8-12,15,18-19,34H,3-4,6-7,13-14H2,1-2H3. The van der Waals surface area contributed by atoms with Gasteiger partial charge in [0.15, 0.2) is 0 Å². The zero-order valence-corrected chi connectivity index (χ0v) is 19.4. The predicted molar refractivity (Wildman–Crippen MR) is 125 cm³/mol. The average Bonchev–Trinajstić information content (AvgIpc) is 3.26. The summed E-state index contributed by atoms with van der Waals surface area (Å²) in [5.41, 5.74) is 3.26. The van der Waals surface area contributed by atoms with E-state index in [4.69, 9.17) is 4.98 Å². The molecule has 1 amide bonds. The Labute approximate surface area is 196 Å². The number of nitrogens with zero attached hydrogens (tertiary/aromatic N) is 8. The monoisotopic (exact) mass is 460 g/mol. The van der Waals surface area contributed by atoms with Crippen LogP contribution in [0.1, 0.15) is 51.6 Å². The van der Waals surface area contributed by atoms with Gasteiger partial charge in [-0.2, -0.15) is 15.3 Å². The second-order valence-corrected chi connectivity index (χ2v) is 9.42. The van der Waals surface area contributed by atoms with Gasteiger partial charge in [-0.25, -0.2) is 9.50 Å². The zero-order valence-electron chi connectivity index (χ0n) is 19.4. The molecule has 6 rings (SSSR count). The number of likely N-dealkylation sites (tertiary alicyclic amines) is 1. The third kappa shape index (κ3) is 3.40. The number of amides is 1. The van der Waals surface area contributed by atoms with Crippen LogP contribution >= 0.6 is 0 Å². The first-order valence-electron chi connectivity index (χ1n) is 11.9. The fraction of sp³-hybridized carbons (Fsp3) is 0.458. The van der Waals surface area contributed by atoms with Crippen molar-refractivity contribution in [2.24, 2.45) is 0 Å². The summed E-state index contributed by atoms with van der Waals surface area (Å²) in [4.78, 5) is 19.0. The highest BCUT2D eigenvalue weighted by atomic mass is 16.3. The van der Waals surface area contributed by atoms with Crippen LogP contribution in [-0.2, 0) is 4.79 Å². The fourth-order valence-corrected chi connectivity index (χ4v) is 4.69. The summed E-state index contributed by atoms with van der Waals surface area (Å²) in [5, 5.41) is 23.6. The molecular formula is C24H28N8O2. The molecule has 1 aliphatic heterocycles. The molecule has 10 heteroatoms. The largest absolute Gasteiger partial charge is 0.380 e. The summed E-state index contributed by atoms with van der Waals surface area (Å²) in [7, 11) is 0. The van der Waals surface area contributed by atoms with Gasteiger partial charge < -0.3 is 10.0 Å². The van der Waals surface area contributed by atoms with Crippen LogP contribution in [0, 0.1) is 0 Å². The first-order valence-corrected chi connectivity index (χ1v) is 11.9. The minimum atomic E-state index is -1.11. The van der Waals surface area contributed by atoms with Crippen LogP contribution in [0.4, 0.5) is 0 Å². The van der Waals surface area contributed by atoms with Crippen LogP contribution in [-0.4, -0.2) is 68.8 Å². The number of aromatic nitrogens is 7. The maximum absolute atomic E-state index is 12.3. The summed E-state index contributed by atoms with van der Waals surface area (Å²) in [6.45, 7) is 5.47. The van der Waals surface area contributed by atoms with Gasteiger partial charge >= 0.3 is 0 Å². The number of hydrogen-bond donors (Lipinski definition) is 1. The molecule has 1 saturated heterocycles. The maximum Gasteiger partial charge on any atom is 0.254 e. The van der Waals surface area contributed by atoms with Crippen molar-refractivity contribution in [1.82, 2.24) is 39.1 Å². The highest BCUT2D eigenvalue weighted by Gasteiger charge is 2.52. The Morgan fingerprint density at radius 3 is 2.59 bits per heavy atom. The summed E-state index contributed by atoms with van der Waals surface area (Å²) in [6.07, 6.45) is 14.6. The summed E-state index contributed by atoms with van der Waals surface area (Å²) >= 11 is 0. The molecule has 0 bridgehead atoms. The molecule has 4 aromatic rings. The zero-order chi connectivity index (χ0) is 23.4. The average molecular weight is 461 g/mol. The van der Waals surface area contributed by atoms with Crippen LogP contribution in [0.2, 0.25) is 0 Å². The number of carbonyl (C=O) groups is 1. The van der Waals surface area contributed by atoms with E-state index in [1.807, 2.05) is 38.5 Å². The number of carbonyl (C=O) groups excluding carboxylic acids is 1. The Morgan fingerprint density at radius 1 is 1.09 bits per heavy atom. The number of aliphatic hydroxyl groups is 1. The van der Waals surface area contributed by atoms with Crippen molar-refractivity contribution < 1.29 is 9.90 Å². The fourth-order valence-electron chi connectivity index (χ4n) is 4.69. The molecule has 10 nitrogen and oxygen atoms in total. The van der Waals surface area contributed by atoms with Crippen molar-refractivity contribution in [1.29, 1.82) is 0 Å². The predicted octanol–water partition coefficient (Wildman–Crippen LogP) is 2.73. The van der Waals surface area contributed by atoms with Crippen molar-refractivity contribution in [2.45, 2.75) is 57.2 Å². The minimum Gasteiger partial charge on any atom is -0.380 e. The van der Waals surface area contributed by atoms with Gasteiger partial charge in [-0.05, 0) is 31.7 Å². The van der Waals surface area contributed by atoms with Crippen molar-refractivity contribution in [3.63, 3.8) is 0 Å². The van der Waals surface area contributed by atoms with E-state index in [0.717, 1.165) is 40.9 Å². The lowest BCUT2D eigenvalue weighted by molar-refractivity contribution is -0.148. The second kappa shape index (κ2) is 7.76. The molecule has 2 aliphatic rings. The second-order valence-electron chi connectivity index (χ2n) is 9.42. The van der Waals surface area contributed by atoms with E-state index in [0.29, 0.717) is 32.0 Å². The Morgan fingerprint density at radius 2 is 1.85 bits per heavy atom. The van der Waals surface area contributed by atoms with Crippen LogP contribution in [0.5, 0.6) is 0 Å². The lowest BCUT2D eigenvalue weighted by Gasteiger charge is -2.40. The van der Waals surface area contributed by atoms with E-state index in [2.05, 4.69) is 35.3 Å². The molecule has 1 aliphatic carbocycles. The smallest absolute Gasteiger partial charge is 0.254 e. The van der Waals surface area contributed by atoms with Gasteiger partial charge in [0.05, 0.1) is 53.8 Å². The highest BCUT2D eigenvalue weighted by molar-refractivity contribution is 5.88. The molecule has 0 radical (unpaired) electrons. The molecule has 34 heavy (non-hydrogen) atoms. The van der Waals surface area contributed by atoms with Crippen LogP contribution < -0.4 is 0 Å². The first kappa shape index (κ1) is 21.0. The van der Waals surface area contributed by atoms with Crippen LogP contribution in [0.25, 0.3) is 28.0 Å². The van der Waals surface area contributed by atoms with Gasteiger partial charge in [-0.15, -0.1) is 0 Å². The Balaban J connectivity index is 1.27. The van der Waals surface area contributed by atoms with E-state index in [1.165, 1.54) is 0 Å². The molecule has 1 saturated carbocycles. The summed E-state index contributed by atoms with van der Waals surface area (Å²) in [6, 6.07) is 2.43. The Bertz CT molecular complexity index is 1350. The van der Waals surface area contributed by atoms with Crippen LogP contribution in [0.3, 0.4) is 0 Å². The molecule has 1 N–H and O–H groups in total. The van der Waals surface area contributed by atoms with Gasteiger partial charge in [0.25, 0.3) is 5.91 Å². The van der Waals surface area contributed by atoms with E-state index in [-0.39, 0.29) is 11.9 Å². The van der Waals surface area contributed by atoms with Gasteiger partial charge in [-0.1, -0.05) is 13.8 Å². The Hall–Kier alpha value is -3.53. The number of hydrogen-bond acceptors (Lipinski definition) is 6. The molecule has 5 heterocycles. The lowest BCUT2D eigenvalue weighted by Crippen LogP contribution is -2.54. The topological polar surface area (TPSA) is 106 Å². The van der Waals surface area contributed by atoms with Crippen LogP contribution in [0.15, 0.2) is 43.2 Å². The normalized spacial score (nSPS) is 17.5. The van der Waals surface area contributed by atoms with E-state index in [9.17, 15) is 9.90 Å².